The summed E-state index contributed by atoms with van der Waals surface area (Å²) in [6, 6.07) is 0. The number of hydrogen-bond acceptors (Lipinski definition) is 9. The lowest BCUT2D eigenvalue weighted by Gasteiger charge is -2.34. The molecule has 4 heterocycles. The van der Waals surface area contributed by atoms with Crippen molar-refractivity contribution >= 4 is 33.0 Å². The highest BCUT2D eigenvalue weighted by Gasteiger charge is 2.38. The summed E-state index contributed by atoms with van der Waals surface area (Å²) in [4.78, 5) is 43.4. The fourth-order valence-electron chi connectivity index (χ4n) is 4.18. The van der Waals surface area contributed by atoms with Gasteiger partial charge in [-0.3, -0.25) is 9.59 Å². The number of ether oxygens (including phenoxy) is 1. The SMILES string of the molecule is COC(=O)c1c(C)oc(C)c1S(=O)(=O)N1CCN(C(=O)c2c(C)oc3ncn(C)c(=O)c23)CC1. The second kappa shape index (κ2) is 8.40. The number of nitrogens with zero attached hydrogens (tertiary/aromatic N) is 4. The average Bonchev–Trinajstić information content (AvgIpc) is 3.30. The predicted octanol–water partition coefficient (Wildman–Crippen LogP) is 0.978. The third-order valence-corrected chi connectivity index (χ3v) is 7.93. The number of carbonyl (C=O) groups is 2. The highest BCUT2D eigenvalue weighted by Crippen LogP contribution is 2.31. The molecule has 0 saturated carbocycles. The monoisotopic (exact) mass is 492 g/mol. The smallest absolute Gasteiger partial charge is 0.342 e. The minimum absolute atomic E-state index is 0.0105. The van der Waals surface area contributed by atoms with Crippen molar-refractivity contribution in [2.75, 3.05) is 33.3 Å². The molecule has 3 aromatic heterocycles. The molecule has 1 aliphatic rings. The highest BCUT2D eigenvalue weighted by molar-refractivity contribution is 7.89. The van der Waals surface area contributed by atoms with Gasteiger partial charge in [-0.25, -0.2) is 18.2 Å². The van der Waals surface area contributed by atoms with Gasteiger partial charge >= 0.3 is 5.97 Å². The van der Waals surface area contributed by atoms with Crippen molar-refractivity contribution in [1.82, 2.24) is 18.8 Å². The summed E-state index contributed by atoms with van der Waals surface area (Å²) in [5, 5.41) is 0.0924. The summed E-state index contributed by atoms with van der Waals surface area (Å²) in [5.74, 6) is -0.754. The lowest BCUT2D eigenvalue weighted by Crippen LogP contribution is -2.50. The summed E-state index contributed by atoms with van der Waals surface area (Å²) >= 11 is 0. The topological polar surface area (TPSA) is 145 Å². The number of rotatable bonds is 4. The van der Waals surface area contributed by atoms with Gasteiger partial charge in [0.25, 0.3) is 11.5 Å². The molecular weight excluding hydrogens is 468 g/mol. The van der Waals surface area contributed by atoms with Gasteiger partial charge in [0.1, 0.15) is 39.5 Å². The standard InChI is InChI=1S/C21H24N4O8S/c1-11-14(16-18(33-11)22-10-23(4)19(16)26)20(27)24-6-8-25(9-7-24)34(29,30)17-13(3)32-12(2)15(17)21(28)31-5/h10H,6-9H2,1-5H3. The van der Waals surface area contributed by atoms with Crippen LogP contribution in [0.15, 0.2) is 24.9 Å². The Morgan fingerprint density at radius 3 is 2.24 bits per heavy atom. The molecule has 0 N–H and O–H groups in total. The van der Waals surface area contributed by atoms with Crippen LogP contribution in [0.5, 0.6) is 0 Å². The van der Waals surface area contributed by atoms with Crippen molar-refractivity contribution in [1.29, 1.82) is 0 Å². The van der Waals surface area contributed by atoms with E-state index >= 15 is 0 Å². The first-order valence-corrected chi connectivity index (χ1v) is 11.9. The van der Waals surface area contributed by atoms with Crippen molar-refractivity contribution < 1.29 is 31.6 Å². The number of fused-ring (bicyclic) bond motifs is 1. The van der Waals surface area contributed by atoms with E-state index in [4.69, 9.17) is 13.6 Å². The van der Waals surface area contributed by atoms with Crippen LogP contribution >= 0.6 is 0 Å². The summed E-state index contributed by atoms with van der Waals surface area (Å²) in [6.45, 7) is 4.67. The third-order valence-electron chi connectivity index (χ3n) is 5.88. The fourth-order valence-corrected chi connectivity index (χ4v) is 5.97. The molecule has 1 amide bonds. The van der Waals surface area contributed by atoms with E-state index < -0.39 is 27.5 Å². The Hall–Kier alpha value is -3.45. The van der Waals surface area contributed by atoms with Crippen LogP contribution in [0.1, 0.15) is 38.0 Å². The van der Waals surface area contributed by atoms with Crippen LogP contribution in [0, 0.1) is 20.8 Å². The highest BCUT2D eigenvalue weighted by atomic mass is 32.2. The van der Waals surface area contributed by atoms with Gasteiger partial charge in [-0.05, 0) is 20.8 Å². The van der Waals surface area contributed by atoms with Crippen LogP contribution in [0.2, 0.25) is 0 Å². The molecular formula is C21H24N4O8S. The molecule has 1 aliphatic heterocycles. The van der Waals surface area contributed by atoms with E-state index in [1.54, 1.807) is 6.92 Å². The Morgan fingerprint density at radius 2 is 1.62 bits per heavy atom. The molecule has 0 aliphatic carbocycles. The first-order valence-electron chi connectivity index (χ1n) is 10.4. The van der Waals surface area contributed by atoms with E-state index in [1.807, 2.05) is 0 Å². The Bertz CT molecular complexity index is 1470. The third kappa shape index (κ3) is 3.60. The Labute approximate surface area is 194 Å². The molecule has 0 aromatic carbocycles. The van der Waals surface area contributed by atoms with Gasteiger partial charge in [-0.15, -0.1) is 0 Å². The Morgan fingerprint density at radius 1 is 1.00 bits per heavy atom. The van der Waals surface area contributed by atoms with Gasteiger partial charge in [-0.2, -0.15) is 4.31 Å². The number of amides is 1. The number of esters is 1. The molecule has 12 nitrogen and oxygen atoms in total. The second-order valence-corrected chi connectivity index (χ2v) is 9.86. The molecule has 0 atom stereocenters. The van der Waals surface area contributed by atoms with Crippen LogP contribution in [-0.4, -0.2) is 72.3 Å². The number of furan rings is 2. The maximum atomic E-state index is 13.4. The number of aryl methyl sites for hydroxylation is 4. The van der Waals surface area contributed by atoms with Crippen molar-refractivity contribution in [3.8, 4) is 0 Å². The van der Waals surface area contributed by atoms with Gasteiger partial charge < -0.3 is 23.0 Å². The first-order chi connectivity index (χ1) is 16.0. The van der Waals surface area contributed by atoms with E-state index in [1.165, 1.54) is 41.0 Å². The Kier molecular flexibility index (Phi) is 5.85. The number of sulfonamides is 1. The molecule has 13 heteroatoms. The molecule has 182 valence electrons. The minimum atomic E-state index is -4.10. The largest absolute Gasteiger partial charge is 0.465 e. The molecule has 1 fully saturated rings. The molecule has 3 aromatic rings. The van der Waals surface area contributed by atoms with E-state index in [0.29, 0.717) is 0 Å². The van der Waals surface area contributed by atoms with Crippen LogP contribution in [0.25, 0.3) is 11.1 Å². The van der Waals surface area contributed by atoms with E-state index in [9.17, 15) is 22.8 Å². The van der Waals surface area contributed by atoms with Gasteiger partial charge in [-0.1, -0.05) is 0 Å². The van der Waals surface area contributed by atoms with E-state index in [2.05, 4.69) is 4.98 Å². The van der Waals surface area contributed by atoms with Crippen LogP contribution in [-0.2, 0) is 21.8 Å². The van der Waals surface area contributed by atoms with E-state index in [-0.39, 0.29) is 70.6 Å². The summed E-state index contributed by atoms with van der Waals surface area (Å²) in [7, 11) is -1.41. The minimum Gasteiger partial charge on any atom is -0.465 e. The van der Waals surface area contributed by atoms with Gasteiger partial charge in [0, 0.05) is 33.2 Å². The molecule has 0 bridgehead atoms. The molecule has 34 heavy (non-hydrogen) atoms. The van der Waals surface area contributed by atoms with Gasteiger partial charge in [0.05, 0.1) is 12.7 Å². The average molecular weight is 493 g/mol. The zero-order valence-electron chi connectivity index (χ0n) is 19.4. The van der Waals surface area contributed by atoms with Crippen molar-refractivity contribution in [3.63, 3.8) is 0 Å². The lowest BCUT2D eigenvalue weighted by atomic mass is 10.1. The molecule has 1 saturated heterocycles. The maximum Gasteiger partial charge on any atom is 0.342 e. The predicted molar refractivity (Wildman–Crippen MR) is 118 cm³/mol. The van der Waals surface area contributed by atoms with Crippen molar-refractivity contribution in [2.45, 2.75) is 25.7 Å². The summed E-state index contributed by atoms with van der Waals surface area (Å²) in [5.41, 5.74) is -0.351. The molecule has 0 unspecified atom stereocenters. The number of methoxy groups -OCH3 is 1. The second-order valence-electron chi connectivity index (χ2n) is 7.98. The van der Waals surface area contributed by atoms with Crippen LogP contribution in [0.3, 0.4) is 0 Å². The first kappa shape index (κ1) is 23.7. The van der Waals surface area contributed by atoms with Crippen molar-refractivity contribution in [2.24, 2.45) is 7.05 Å². The molecule has 0 spiro atoms. The normalized spacial score (nSPS) is 15.1. The molecule has 0 radical (unpaired) electrons. The lowest BCUT2D eigenvalue weighted by molar-refractivity contribution is 0.0594. The summed E-state index contributed by atoms with van der Waals surface area (Å²) in [6.07, 6.45) is 1.31. The quantitative estimate of drug-likeness (QED) is 0.486. The fraction of sp³-hybridized carbons (Fsp3) is 0.429. The maximum absolute atomic E-state index is 13.4. The van der Waals surface area contributed by atoms with Crippen LogP contribution < -0.4 is 5.56 Å². The van der Waals surface area contributed by atoms with Crippen LogP contribution in [0.4, 0.5) is 0 Å². The number of piperazine rings is 1. The Balaban J connectivity index is 1.61. The zero-order valence-corrected chi connectivity index (χ0v) is 20.2. The van der Waals surface area contributed by atoms with Gasteiger partial charge in [0.2, 0.25) is 15.7 Å². The van der Waals surface area contributed by atoms with E-state index in [0.717, 1.165) is 7.11 Å². The molecule has 4 rings (SSSR count). The summed E-state index contributed by atoms with van der Waals surface area (Å²) < 4.78 is 44.8. The number of hydrogen-bond donors (Lipinski definition) is 0. The number of carbonyl (C=O) groups excluding carboxylic acids is 2. The van der Waals surface area contributed by atoms with Crippen molar-refractivity contribution in [3.05, 3.63) is 45.1 Å². The zero-order chi connectivity index (χ0) is 24.9. The number of aromatic nitrogens is 2. The van der Waals surface area contributed by atoms with Gasteiger partial charge in [0.15, 0.2) is 0 Å².